The quantitative estimate of drug-likeness (QED) is 0.543. The number of halogens is 1. The molecule has 0 bridgehead atoms. The Bertz CT molecular complexity index is 1190. The summed E-state index contributed by atoms with van der Waals surface area (Å²) in [5.74, 6) is -0.0498. The Kier molecular flexibility index (Phi) is 7.02. The average Bonchev–Trinajstić information content (AvgIpc) is 3.26. The molecule has 8 heteroatoms. The van der Waals surface area contributed by atoms with Gasteiger partial charge in [-0.15, -0.1) is 11.3 Å². The zero-order valence-corrected chi connectivity index (χ0v) is 20.8. The van der Waals surface area contributed by atoms with E-state index >= 15 is 0 Å². The number of carbonyl (C=O) groups excluding carboxylic acids is 1. The van der Waals surface area contributed by atoms with E-state index in [0.717, 1.165) is 35.9 Å². The molecule has 1 fully saturated rings. The van der Waals surface area contributed by atoms with Crippen molar-refractivity contribution in [2.75, 3.05) is 26.2 Å². The van der Waals surface area contributed by atoms with Crippen molar-refractivity contribution in [2.45, 2.75) is 39.3 Å². The predicted molar refractivity (Wildman–Crippen MR) is 133 cm³/mol. The fourth-order valence-corrected chi connectivity index (χ4v) is 4.93. The third kappa shape index (κ3) is 5.72. The molecule has 0 N–H and O–H groups in total. The summed E-state index contributed by atoms with van der Waals surface area (Å²) in [7, 11) is 0. The number of nitrogens with zero attached hydrogens (tertiary/aromatic N) is 4. The van der Waals surface area contributed by atoms with E-state index in [-0.39, 0.29) is 16.9 Å². The number of aromatic nitrogens is 2. The van der Waals surface area contributed by atoms with E-state index in [1.54, 1.807) is 34.2 Å². The highest BCUT2D eigenvalue weighted by molar-refractivity contribution is 7.09. The van der Waals surface area contributed by atoms with Crippen LogP contribution < -0.4 is 5.56 Å². The van der Waals surface area contributed by atoms with Crippen LogP contribution in [0.4, 0.5) is 0 Å². The summed E-state index contributed by atoms with van der Waals surface area (Å²) in [4.78, 5) is 34.5. The molecule has 0 unspecified atom stereocenters. The molecule has 1 aromatic carbocycles. The zero-order chi connectivity index (χ0) is 23.6. The molecule has 1 amide bonds. The molecule has 6 nitrogen and oxygen atoms in total. The van der Waals surface area contributed by atoms with Crippen LogP contribution in [0.2, 0.25) is 5.02 Å². The molecule has 1 aliphatic heterocycles. The van der Waals surface area contributed by atoms with Crippen LogP contribution in [0.1, 0.15) is 47.4 Å². The van der Waals surface area contributed by atoms with Crippen molar-refractivity contribution in [3.8, 4) is 0 Å². The molecular weight excluding hydrogens is 456 g/mol. The predicted octanol–water partition coefficient (Wildman–Crippen LogP) is 4.26. The van der Waals surface area contributed by atoms with Crippen molar-refractivity contribution in [3.05, 3.63) is 85.2 Å². The van der Waals surface area contributed by atoms with E-state index in [2.05, 4.69) is 31.1 Å². The minimum atomic E-state index is -0.158. The van der Waals surface area contributed by atoms with Gasteiger partial charge in [-0.1, -0.05) is 50.6 Å². The van der Waals surface area contributed by atoms with Gasteiger partial charge in [0, 0.05) is 60.8 Å². The Morgan fingerprint density at radius 1 is 1.06 bits per heavy atom. The third-order valence-electron chi connectivity index (χ3n) is 5.77. The summed E-state index contributed by atoms with van der Waals surface area (Å²) in [6, 6.07) is 10.5. The van der Waals surface area contributed by atoms with Crippen LogP contribution >= 0.6 is 22.9 Å². The number of thiazole rings is 1. The molecule has 0 radical (unpaired) electrons. The monoisotopic (exact) mass is 484 g/mol. The molecule has 0 aliphatic carbocycles. The number of hydrogen-bond donors (Lipinski definition) is 0. The Hall–Kier alpha value is -2.48. The summed E-state index contributed by atoms with van der Waals surface area (Å²) in [6.45, 7) is 10.6. The minimum absolute atomic E-state index is 0.0498. The van der Waals surface area contributed by atoms with Gasteiger partial charge in [0.25, 0.3) is 11.5 Å². The number of carbonyl (C=O) groups is 1. The van der Waals surface area contributed by atoms with Crippen LogP contribution in [0.3, 0.4) is 0 Å². The molecule has 33 heavy (non-hydrogen) atoms. The summed E-state index contributed by atoms with van der Waals surface area (Å²) >= 11 is 7.96. The lowest BCUT2D eigenvalue weighted by molar-refractivity contribution is 0.0626. The SMILES string of the molecule is CC(C)(C)c1nc(CN2CCN(C(=O)c3ccc(=O)n(Cc4ccccc4Cl)c3)CC2)cs1. The minimum Gasteiger partial charge on any atom is -0.336 e. The summed E-state index contributed by atoms with van der Waals surface area (Å²) in [6.07, 6.45) is 1.64. The van der Waals surface area contributed by atoms with E-state index in [1.165, 1.54) is 6.07 Å². The Labute approximate surface area is 203 Å². The van der Waals surface area contributed by atoms with Crippen LogP contribution in [0.5, 0.6) is 0 Å². The van der Waals surface area contributed by atoms with Gasteiger partial charge >= 0.3 is 0 Å². The highest BCUT2D eigenvalue weighted by Crippen LogP contribution is 2.26. The summed E-state index contributed by atoms with van der Waals surface area (Å²) < 4.78 is 1.54. The van der Waals surface area contributed by atoms with Crippen molar-refractivity contribution in [1.82, 2.24) is 19.4 Å². The molecule has 0 saturated carbocycles. The second-order valence-corrected chi connectivity index (χ2v) is 10.7. The van der Waals surface area contributed by atoms with E-state index in [9.17, 15) is 9.59 Å². The third-order valence-corrected chi connectivity index (χ3v) is 7.45. The average molecular weight is 485 g/mol. The van der Waals surface area contributed by atoms with Crippen LogP contribution in [0.25, 0.3) is 0 Å². The number of benzene rings is 1. The van der Waals surface area contributed by atoms with E-state index in [4.69, 9.17) is 16.6 Å². The van der Waals surface area contributed by atoms with Crippen molar-refractivity contribution in [3.63, 3.8) is 0 Å². The number of piperazine rings is 1. The summed E-state index contributed by atoms with van der Waals surface area (Å²) in [5, 5.41) is 3.89. The number of rotatable bonds is 5. The van der Waals surface area contributed by atoms with Gasteiger partial charge in [0.05, 0.1) is 22.8 Å². The molecule has 2 aromatic heterocycles. The number of hydrogen-bond acceptors (Lipinski definition) is 5. The molecule has 174 valence electrons. The molecule has 3 aromatic rings. The Morgan fingerprint density at radius 2 is 1.79 bits per heavy atom. The first-order valence-electron chi connectivity index (χ1n) is 11.1. The van der Waals surface area contributed by atoms with E-state index < -0.39 is 0 Å². The maximum atomic E-state index is 13.1. The van der Waals surface area contributed by atoms with Gasteiger partial charge in [-0.2, -0.15) is 0 Å². The lowest BCUT2D eigenvalue weighted by Crippen LogP contribution is -2.48. The first kappa shape index (κ1) is 23.7. The second kappa shape index (κ2) is 9.79. The van der Waals surface area contributed by atoms with Gasteiger partial charge in [-0.05, 0) is 17.7 Å². The molecule has 3 heterocycles. The van der Waals surface area contributed by atoms with Crippen molar-refractivity contribution >= 4 is 28.8 Å². The van der Waals surface area contributed by atoms with Crippen LogP contribution in [0.15, 0.2) is 52.8 Å². The standard InChI is InChI=1S/C25H29ClN4O2S/c1-25(2,3)24-27-20(17-33-24)16-28-10-12-29(13-11-28)23(32)19-8-9-22(31)30(15-19)14-18-6-4-5-7-21(18)26/h4-9,15,17H,10-14,16H2,1-3H3. The van der Waals surface area contributed by atoms with Crippen LogP contribution in [0, 0.1) is 0 Å². The first-order chi connectivity index (χ1) is 15.7. The zero-order valence-electron chi connectivity index (χ0n) is 19.3. The van der Waals surface area contributed by atoms with Gasteiger partial charge in [-0.25, -0.2) is 4.98 Å². The van der Waals surface area contributed by atoms with Gasteiger partial charge in [0.15, 0.2) is 0 Å². The van der Waals surface area contributed by atoms with Crippen molar-refractivity contribution < 1.29 is 4.79 Å². The van der Waals surface area contributed by atoms with Crippen molar-refractivity contribution in [2.24, 2.45) is 0 Å². The molecule has 1 aliphatic rings. The lowest BCUT2D eigenvalue weighted by Gasteiger charge is -2.34. The van der Waals surface area contributed by atoms with Crippen LogP contribution in [-0.4, -0.2) is 51.4 Å². The number of pyridine rings is 1. The van der Waals surface area contributed by atoms with Crippen LogP contribution in [-0.2, 0) is 18.5 Å². The fourth-order valence-electron chi connectivity index (χ4n) is 3.84. The molecule has 4 rings (SSSR count). The van der Waals surface area contributed by atoms with Gasteiger partial charge in [0.2, 0.25) is 0 Å². The maximum Gasteiger partial charge on any atom is 0.255 e. The number of amides is 1. The summed E-state index contributed by atoms with van der Waals surface area (Å²) in [5.41, 5.74) is 2.36. The molecule has 0 spiro atoms. The lowest BCUT2D eigenvalue weighted by atomic mass is 9.98. The Balaban J connectivity index is 1.38. The topological polar surface area (TPSA) is 58.4 Å². The normalized spacial score (nSPS) is 15.1. The van der Waals surface area contributed by atoms with E-state index in [1.807, 2.05) is 23.1 Å². The molecule has 1 saturated heterocycles. The van der Waals surface area contributed by atoms with Gasteiger partial charge < -0.3 is 9.47 Å². The van der Waals surface area contributed by atoms with Crippen molar-refractivity contribution in [1.29, 1.82) is 0 Å². The second-order valence-electron chi connectivity index (χ2n) is 9.44. The molecular formula is C25H29ClN4O2S. The van der Waals surface area contributed by atoms with Gasteiger partial charge in [-0.3, -0.25) is 14.5 Å². The first-order valence-corrected chi connectivity index (χ1v) is 12.4. The highest BCUT2D eigenvalue weighted by atomic mass is 35.5. The Morgan fingerprint density at radius 3 is 2.45 bits per heavy atom. The maximum absolute atomic E-state index is 13.1. The smallest absolute Gasteiger partial charge is 0.255 e. The van der Waals surface area contributed by atoms with E-state index in [0.29, 0.717) is 30.2 Å². The highest BCUT2D eigenvalue weighted by Gasteiger charge is 2.24. The largest absolute Gasteiger partial charge is 0.336 e. The van der Waals surface area contributed by atoms with Gasteiger partial charge in [0.1, 0.15) is 0 Å². The molecule has 0 atom stereocenters. The fraction of sp³-hybridized carbons (Fsp3) is 0.400.